The highest BCUT2D eigenvalue weighted by atomic mass is 16.5. The summed E-state index contributed by atoms with van der Waals surface area (Å²) in [6.07, 6.45) is 2.98. The van der Waals surface area contributed by atoms with Crippen molar-refractivity contribution >= 4 is 12.4 Å². The zero-order valence-electron chi connectivity index (χ0n) is 9.10. The summed E-state index contributed by atoms with van der Waals surface area (Å²) in [7, 11) is 3.15. The summed E-state index contributed by atoms with van der Waals surface area (Å²) in [5, 5.41) is 9.21. The van der Waals surface area contributed by atoms with Crippen molar-refractivity contribution in [3.05, 3.63) is 0 Å². The number of likely N-dealkylation sites (N-methyl/N-ethyl adjacent to an activating group) is 1. The highest BCUT2D eigenvalue weighted by Crippen LogP contribution is 2.33. The van der Waals surface area contributed by atoms with E-state index in [1.54, 1.807) is 7.11 Å². The Bertz CT molecular complexity index is 246. The van der Waals surface area contributed by atoms with E-state index in [0.717, 1.165) is 0 Å². The van der Waals surface area contributed by atoms with Crippen LogP contribution in [0.1, 0.15) is 25.7 Å². The molecule has 1 aliphatic carbocycles. The maximum Gasteiger partial charge on any atom is 0.329 e. The summed E-state index contributed by atoms with van der Waals surface area (Å²) in [6, 6.07) is 0. The van der Waals surface area contributed by atoms with Crippen LogP contribution in [0.5, 0.6) is 0 Å². The number of carbonyl (C=O) groups is 2. The number of ether oxygens (including phenoxy) is 1. The minimum atomic E-state index is -1.03. The van der Waals surface area contributed by atoms with Crippen LogP contribution in [0.15, 0.2) is 0 Å². The van der Waals surface area contributed by atoms with Gasteiger partial charge in [-0.1, -0.05) is 0 Å². The third kappa shape index (κ3) is 2.12. The molecule has 0 aromatic carbocycles. The molecule has 5 nitrogen and oxygen atoms in total. The van der Waals surface area contributed by atoms with Gasteiger partial charge in [0.05, 0.1) is 6.10 Å². The van der Waals surface area contributed by atoms with Gasteiger partial charge in [-0.2, -0.15) is 0 Å². The number of hydrogen-bond acceptors (Lipinski definition) is 3. The van der Waals surface area contributed by atoms with Crippen LogP contribution in [-0.2, 0) is 14.3 Å². The Labute approximate surface area is 89.0 Å². The first-order valence-electron chi connectivity index (χ1n) is 5.01. The van der Waals surface area contributed by atoms with Gasteiger partial charge in [-0.3, -0.25) is 4.79 Å². The number of rotatable bonds is 4. The van der Waals surface area contributed by atoms with Crippen molar-refractivity contribution in [2.45, 2.75) is 37.3 Å². The van der Waals surface area contributed by atoms with Gasteiger partial charge in [0, 0.05) is 14.2 Å². The van der Waals surface area contributed by atoms with Gasteiger partial charge in [-0.05, 0) is 25.7 Å². The van der Waals surface area contributed by atoms with E-state index in [9.17, 15) is 14.7 Å². The van der Waals surface area contributed by atoms with E-state index in [1.807, 2.05) is 0 Å². The Morgan fingerprint density at radius 3 is 2.40 bits per heavy atom. The topological polar surface area (TPSA) is 66.8 Å². The monoisotopic (exact) mass is 215 g/mol. The van der Waals surface area contributed by atoms with E-state index < -0.39 is 11.5 Å². The lowest BCUT2D eigenvalue weighted by atomic mass is 9.79. The second-order valence-electron chi connectivity index (χ2n) is 3.99. The van der Waals surface area contributed by atoms with Crippen LogP contribution in [0.3, 0.4) is 0 Å². The van der Waals surface area contributed by atoms with Gasteiger partial charge in [-0.25, -0.2) is 4.79 Å². The number of carbonyl (C=O) groups excluding carboxylic acids is 1. The fourth-order valence-corrected chi connectivity index (χ4v) is 2.12. The molecule has 0 unspecified atom stereocenters. The molecule has 15 heavy (non-hydrogen) atoms. The molecule has 5 heteroatoms. The van der Waals surface area contributed by atoms with E-state index in [1.165, 1.54) is 11.9 Å². The Morgan fingerprint density at radius 1 is 1.53 bits per heavy atom. The number of methoxy groups -OCH3 is 1. The van der Waals surface area contributed by atoms with Crippen molar-refractivity contribution in [3.8, 4) is 0 Å². The SMILES string of the molecule is COC1CCC(C(=O)O)(N(C)C=O)CC1. The molecule has 0 radical (unpaired) electrons. The molecule has 1 fully saturated rings. The van der Waals surface area contributed by atoms with Crippen LogP contribution in [0, 0.1) is 0 Å². The Morgan fingerprint density at radius 2 is 2.07 bits per heavy atom. The third-order valence-corrected chi connectivity index (χ3v) is 3.32. The standard InChI is InChI=1S/C10H17NO4/c1-11(7-12)10(9(13)14)5-3-8(15-2)4-6-10/h7-8H,3-6H2,1-2H3,(H,13,14). The van der Waals surface area contributed by atoms with E-state index in [0.29, 0.717) is 32.1 Å². The van der Waals surface area contributed by atoms with Crippen LogP contribution in [0.2, 0.25) is 0 Å². The maximum atomic E-state index is 11.2. The van der Waals surface area contributed by atoms with Crippen molar-refractivity contribution in [1.82, 2.24) is 4.90 Å². The molecule has 1 saturated carbocycles. The predicted octanol–water partition coefficient (Wildman–Crippen LogP) is 0.487. The molecule has 0 spiro atoms. The van der Waals surface area contributed by atoms with Gasteiger partial charge in [0.15, 0.2) is 0 Å². The van der Waals surface area contributed by atoms with Crippen LogP contribution < -0.4 is 0 Å². The van der Waals surface area contributed by atoms with Crippen LogP contribution in [0.25, 0.3) is 0 Å². The molecular weight excluding hydrogens is 198 g/mol. The molecular formula is C10H17NO4. The molecule has 0 bridgehead atoms. The number of carboxylic acids is 1. The molecule has 0 aliphatic heterocycles. The molecule has 0 aromatic rings. The van der Waals surface area contributed by atoms with Crippen molar-refractivity contribution in [3.63, 3.8) is 0 Å². The average Bonchev–Trinajstić information content (AvgIpc) is 2.27. The third-order valence-electron chi connectivity index (χ3n) is 3.32. The largest absolute Gasteiger partial charge is 0.479 e. The molecule has 86 valence electrons. The lowest BCUT2D eigenvalue weighted by molar-refractivity contribution is -0.158. The van der Waals surface area contributed by atoms with Gasteiger partial charge in [0.2, 0.25) is 6.41 Å². The molecule has 1 amide bonds. The minimum absolute atomic E-state index is 0.123. The smallest absolute Gasteiger partial charge is 0.329 e. The Hall–Kier alpha value is -1.10. The molecule has 1 rings (SSSR count). The van der Waals surface area contributed by atoms with Gasteiger partial charge < -0.3 is 14.7 Å². The second-order valence-corrected chi connectivity index (χ2v) is 3.99. The lowest BCUT2D eigenvalue weighted by Crippen LogP contribution is -2.55. The molecule has 0 heterocycles. The normalized spacial score (nSPS) is 30.9. The zero-order chi connectivity index (χ0) is 11.5. The summed E-state index contributed by atoms with van der Waals surface area (Å²) in [4.78, 5) is 23.2. The van der Waals surface area contributed by atoms with E-state index in [-0.39, 0.29) is 6.10 Å². The summed E-state index contributed by atoms with van der Waals surface area (Å²) >= 11 is 0. The van der Waals surface area contributed by atoms with Crippen LogP contribution in [-0.4, -0.2) is 48.2 Å². The molecule has 1 N–H and O–H groups in total. The number of carboxylic acid groups (broad SMARTS) is 1. The highest BCUT2D eigenvalue weighted by molar-refractivity contribution is 5.81. The van der Waals surface area contributed by atoms with E-state index in [4.69, 9.17) is 4.74 Å². The predicted molar refractivity (Wildman–Crippen MR) is 53.5 cm³/mol. The lowest BCUT2D eigenvalue weighted by Gasteiger charge is -2.40. The van der Waals surface area contributed by atoms with Crippen LogP contribution in [0.4, 0.5) is 0 Å². The average molecular weight is 215 g/mol. The quantitative estimate of drug-likeness (QED) is 0.693. The first-order valence-corrected chi connectivity index (χ1v) is 5.01. The molecule has 0 aromatic heterocycles. The summed E-state index contributed by atoms with van der Waals surface area (Å²) < 4.78 is 5.18. The van der Waals surface area contributed by atoms with Gasteiger partial charge in [-0.15, -0.1) is 0 Å². The fraction of sp³-hybridized carbons (Fsp3) is 0.800. The first-order chi connectivity index (χ1) is 7.06. The number of amides is 1. The molecule has 1 aliphatic rings. The van der Waals surface area contributed by atoms with Gasteiger partial charge >= 0.3 is 5.97 Å². The molecule has 0 atom stereocenters. The maximum absolute atomic E-state index is 11.2. The van der Waals surface area contributed by atoms with Crippen molar-refractivity contribution < 1.29 is 19.4 Å². The summed E-state index contributed by atoms with van der Waals surface area (Å²) in [5.74, 6) is -0.924. The van der Waals surface area contributed by atoms with Gasteiger partial charge in [0.25, 0.3) is 0 Å². The van der Waals surface area contributed by atoms with Gasteiger partial charge in [0.1, 0.15) is 5.54 Å². The fourth-order valence-electron chi connectivity index (χ4n) is 2.12. The highest BCUT2D eigenvalue weighted by Gasteiger charge is 2.45. The number of hydrogen-bond donors (Lipinski definition) is 1. The zero-order valence-corrected chi connectivity index (χ0v) is 9.10. The van der Waals surface area contributed by atoms with Crippen LogP contribution >= 0.6 is 0 Å². The molecule has 0 saturated heterocycles. The van der Waals surface area contributed by atoms with Crippen molar-refractivity contribution in [2.24, 2.45) is 0 Å². The van der Waals surface area contributed by atoms with E-state index >= 15 is 0 Å². The first kappa shape index (κ1) is 12.0. The Kier molecular flexibility index (Phi) is 3.68. The summed E-state index contributed by atoms with van der Waals surface area (Å²) in [5.41, 5.74) is -1.03. The van der Waals surface area contributed by atoms with Crippen molar-refractivity contribution in [1.29, 1.82) is 0 Å². The van der Waals surface area contributed by atoms with Crippen molar-refractivity contribution in [2.75, 3.05) is 14.2 Å². The number of aliphatic carboxylic acids is 1. The summed E-state index contributed by atoms with van der Waals surface area (Å²) in [6.45, 7) is 0. The second kappa shape index (κ2) is 4.61. The Balaban J connectivity index is 2.78. The van der Waals surface area contributed by atoms with E-state index in [2.05, 4.69) is 0 Å². The minimum Gasteiger partial charge on any atom is -0.479 e. The number of nitrogens with zero attached hydrogens (tertiary/aromatic N) is 1.